The Bertz CT molecular complexity index is 139. The predicted octanol–water partition coefficient (Wildman–Crippen LogP) is 1.11. The normalized spacial score (nSPS) is 25.6. The second kappa shape index (κ2) is 5.75. The van der Waals surface area contributed by atoms with Crippen LogP contribution in [0, 0.1) is 0 Å². The first-order valence-corrected chi connectivity index (χ1v) is 7.42. The zero-order valence-corrected chi connectivity index (χ0v) is 9.94. The van der Waals surface area contributed by atoms with Crippen molar-refractivity contribution in [3.63, 3.8) is 0 Å². The van der Waals surface area contributed by atoms with Crippen molar-refractivity contribution in [1.82, 2.24) is 0 Å². The third-order valence-corrected chi connectivity index (χ3v) is 4.82. The summed E-state index contributed by atoms with van der Waals surface area (Å²) in [5.41, 5.74) is 0.351. The summed E-state index contributed by atoms with van der Waals surface area (Å²) in [6.07, 6.45) is 1.43. The lowest BCUT2D eigenvalue weighted by Gasteiger charge is -2.21. The van der Waals surface area contributed by atoms with Gasteiger partial charge in [-0.25, -0.2) is 0 Å². The van der Waals surface area contributed by atoms with Crippen LogP contribution in [-0.4, -0.2) is 40.7 Å². The number of rotatable bonds is 7. The maximum absolute atomic E-state index is 5.74. The van der Waals surface area contributed by atoms with Crippen LogP contribution in [0.15, 0.2) is 0 Å². The molecule has 3 nitrogen and oxygen atoms in total. The molecule has 1 fully saturated rings. The van der Waals surface area contributed by atoms with E-state index in [1.807, 2.05) is 6.92 Å². The smallest absolute Gasteiger partial charge is 0.202 e. The fourth-order valence-electron chi connectivity index (χ4n) is 1.35. The van der Waals surface area contributed by atoms with E-state index in [9.17, 15) is 0 Å². The molecule has 0 aromatic carbocycles. The minimum absolute atomic E-state index is 0.351. The molecule has 0 bridgehead atoms. The van der Waals surface area contributed by atoms with Gasteiger partial charge in [-0.3, -0.25) is 0 Å². The number of epoxide rings is 1. The van der Waals surface area contributed by atoms with Gasteiger partial charge < -0.3 is 13.9 Å². The van der Waals surface area contributed by atoms with Crippen LogP contribution < -0.4 is 0 Å². The van der Waals surface area contributed by atoms with Crippen LogP contribution in [0.2, 0.25) is 6.55 Å². The molecule has 1 heterocycles. The van der Waals surface area contributed by atoms with Crippen molar-refractivity contribution in [3.8, 4) is 0 Å². The molecule has 3 atom stereocenters. The molecule has 78 valence electrons. The van der Waals surface area contributed by atoms with Crippen molar-refractivity contribution in [2.45, 2.75) is 38.6 Å². The van der Waals surface area contributed by atoms with E-state index in [0.29, 0.717) is 11.8 Å². The SMILES string of the molecule is CCO[SiH](C)C(CC)OCC1CO1. The Morgan fingerprint density at radius 1 is 1.54 bits per heavy atom. The van der Waals surface area contributed by atoms with Gasteiger partial charge in [-0.2, -0.15) is 0 Å². The van der Waals surface area contributed by atoms with Crippen molar-refractivity contribution in [2.75, 3.05) is 19.8 Å². The van der Waals surface area contributed by atoms with E-state index in [0.717, 1.165) is 26.2 Å². The first kappa shape index (κ1) is 11.2. The molecule has 0 aromatic rings. The van der Waals surface area contributed by atoms with Gasteiger partial charge in [0, 0.05) is 6.61 Å². The summed E-state index contributed by atoms with van der Waals surface area (Å²) in [6.45, 7) is 8.84. The zero-order chi connectivity index (χ0) is 9.68. The van der Waals surface area contributed by atoms with Crippen molar-refractivity contribution in [3.05, 3.63) is 0 Å². The predicted molar refractivity (Wildman–Crippen MR) is 54.4 cm³/mol. The first-order valence-electron chi connectivity index (χ1n) is 5.12. The fraction of sp³-hybridized carbons (Fsp3) is 1.00. The molecule has 4 heteroatoms. The second-order valence-electron chi connectivity index (χ2n) is 3.40. The first-order chi connectivity index (χ1) is 6.27. The topological polar surface area (TPSA) is 31.0 Å². The van der Waals surface area contributed by atoms with Crippen LogP contribution in [-0.2, 0) is 13.9 Å². The van der Waals surface area contributed by atoms with E-state index in [2.05, 4.69) is 13.5 Å². The van der Waals surface area contributed by atoms with Gasteiger partial charge in [0.05, 0.1) is 18.9 Å². The second-order valence-corrected chi connectivity index (χ2v) is 5.88. The minimum Gasteiger partial charge on any atom is -0.418 e. The molecular formula is C9H20O3Si. The van der Waals surface area contributed by atoms with Crippen LogP contribution in [0.5, 0.6) is 0 Å². The summed E-state index contributed by atoms with van der Waals surface area (Å²) in [6, 6.07) is 0. The summed E-state index contributed by atoms with van der Waals surface area (Å²) in [7, 11) is -1.13. The molecule has 0 N–H and O–H groups in total. The molecule has 0 amide bonds. The van der Waals surface area contributed by atoms with Crippen LogP contribution in [0.1, 0.15) is 20.3 Å². The molecule has 1 aliphatic heterocycles. The molecule has 1 rings (SSSR count). The fourth-order valence-corrected chi connectivity index (χ4v) is 3.14. The van der Waals surface area contributed by atoms with Crippen molar-refractivity contribution in [1.29, 1.82) is 0 Å². The molecule has 0 saturated carbocycles. The Kier molecular flexibility index (Phi) is 4.94. The highest BCUT2D eigenvalue weighted by Gasteiger charge is 2.26. The molecule has 1 aliphatic rings. The maximum atomic E-state index is 5.74. The third kappa shape index (κ3) is 4.22. The molecule has 3 unspecified atom stereocenters. The molecule has 1 saturated heterocycles. The number of ether oxygens (including phenoxy) is 2. The average molecular weight is 204 g/mol. The van der Waals surface area contributed by atoms with Crippen molar-refractivity contribution >= 4 is 9.04 Å². The summed E-state index contributed by atoms with van der Waals surface area (Å²) >= 11 is 0. The van der Waals surface area contributed by atoms with Gasteiger partial charge in [0.15, 0.2) is 0 Å². The average Bonchev–Trinajstić information content (AvgIpc) is 2.89. The molecule has 0 aliphatic carbocycles. The van der Waals surface area contributed by atoms with Crippen LogP contribution in [0.25, 0.3) is 0 Å². The van der Waals surface area contributed by atoms with Gasteiger partial charge >= 0.3 is 0 Å². The van der Waals surface area contributed by atoms with Crippen LogP contribution in [0.3, 0.4) is 0 Å². The Hall–Kier alpha value is 0.0969. The van der Waals surface area contributed by atoms with Gasteiger partial charge in [0.1, 0.15) is 6.10 Å². The number of hydrogen-bond donors (Lipinski definition) is 0. The van der Waals surface area contributed by atoms with Crippen LogP contribution in [0.4, 0.5) is 0 Å². The van der Waals surface area contributed by atoms with E-state index in [-0.39, 0.29) is 0 Å². The maximum Gasteiger partial charge on any atom is 0.202 e. The zero-order valence-electron chi connectivity index (χ0n) is 8.79. The quantitative estimate of drug-likeness (QED) is 0.460. The molecule has 0 spiro atoms. The summed E-state index contributed by atoms with van der Waals surface area (Å²) in [5.74, 6) is 0. The lowest BCUT2D eigenvalue weighted by atomic mass is 10.5. The van der Waals surface area contributed by atoms with E-state index >= 15 is 0 Å². The Balaban J connectivity index is 2.14. The lowest BCUT2D eigenvalue weighted by Crippen LogP contribution is -2.34. The molecule has 0 aromatic heterocycles. The Morgan fingerprint density at radius 2 is 2.23 bits per heavy atom. The summed E-state index contributed by atoms with van der Waals surface area (Å²) in [4.78, 5) is 0. The molecule has 13 heavy (non-hydrogen) atoms. The Morgan fingerprint density at radius 3 is 2.69 bits per heavy atom. The van der Waals surface area contributed by atoms with Crippen molar-refractivity contribution < 1.29 is 13.9 Å². The van der Waals surface area contributed by atoms with Gasteiger partial charge in [0.25, 0.3) is 0 Å². The minimum atomic E-state index is -1.13. The lowest BCUT2D eigenvalue weighted by molar-refractivity contribution is 0.0736. The van der Waals surface area contributed by atoms with E-state index < -0.39 is 9.04 Å². The van der Waals surface area contributed by atoms with Gasteiger partial charge in [0.2, 0.25) is 9.04 Å². The Labute approximate surface area is 82.1 Å². The van der Waals surface area contributed by atoms with Crippen LogP contribution >= 0.6 is 0 Å². The third-order valence-electron chi connectivity index (χ3n) is 2.25. The highest BCUT2D eigenvalue weighted by Crippen LogP contribution is 2.12. The van der Waals surface area contributed by atoms with Gasteiger partial charge in [-0.05, 0) is 19.9 Å². The highest BCUT2D eigenvalue weighted by atomic mass is 28.3. The number of hydrogen-bond acceptors (Lipinski definition) is 3. The van der Waals surface area contributed by atoms with Gasteiger partial charge in [-0.1, -0.05) is 6.92 Å². The van der Waals surface area contributed by atoms with E-state index in [1.54, 1.807) is 0 Å². The van der Waals surface area contributed by atoms with E-state index in [1.165, 1.54) is 0 Å². The summed E-state index contributed by atoms with van der Waals surface area (Å²) in [5, 5.41) is 0. The molecule has 0 radical (unpaired) electrons. The standard InChI is InChI=1S/C9H20O3Si/c1-4-9(13(3)12-5-2)11-7-8-6-10-8/h8-9,13H,4-7H2,1-3H3. The largest absolute Gasteiger partial charge is 0.418 e. The molecular weight excluding hydrogens is 184 g/mol. The highest BCUT2D eigenvalue weighted by molar-refractivity contribution is 6.51. The monoisotopic (exact) mass is 204 g/mol. The summed E-state index contributed by atoms with van der Waals surface area (Å²) < 4.78 is 16.5. The van der Waals surface area contributed by atoms with Gasteiger partial charge in [-0.15, -0.1) is 0 Å². The van der Waals surface area contributed by atoms with E-state index in [4.69, 9.17) is 13.9 Å². The van der Waals surface area contributed by atoms with Crippen molar-refractivity contribution in [2.24, 2.45) is 0 Å².